The molecule has 0 spiro atoms. The molecule has 8 unspecified atom stereocenters. The minimum absolute atomic E-state index is 0.0394. The van der Waals surface area contributed by atoms with Crippen molar-refractivity contribution in [1.82, 2.24) is 0 Å². The summed E-state index contributed by atoms with van der Waals surface area (Å²) in [6.07, 6.45) is 13.4. The normalized spacial score (nSPS) is 43.4. The fourth-order valence-corrected chi connectivity index (χ4v) is 8.76. The molecule has 186 valence electrons. The Morgan fingerprint density at radius 1 is 0.710 bits per heavy atom. The molecule has 0 amide bonds. The van der Waals surface area contributed by atoms with Crippen LogP contribution in [0.1, 0.15) is 134 Å². The van der Waals surface area contributed by atoms with Gasteiger partial charge in [-0.3, -0.25) is 0 Å². The van der Waals surface area contributed by atoms with Crippen molar-refractivity contribution in [2.75, 3.05) is 7.11 Å². The molecule has 4 fully saturated rings. The molecule has 31 heavy (non-hydrogen) atoms. The first-order valence-electron chi connectivity index (χ1n) is 14.3. The summed E-state index contributed by atoms with van der Waals surface area (Å²) < 4.78 is 5.99. The molecule has 0 aliphatic heterocycles. The summed E-state index contributed by atoms with van der Waals surface area (Å²) >= 11 is 0. The van der Waals surface area contributed by atoms with Crippen LogP contribution in [-0.2, 0) is 4.74 Å². The molecule has 4 saturated carbocycles. The van der Waals surface area contributed by atoms with E-state index in [1.165, 1.54) is 57.8 Å². The Morgan fingerprint density at radius 3 is 1.84 bits per heavy atom. The predicted molar refractivity (Wildman–Crippen MR) is 140 cm³/mol. The van der Waals surface area contributed by atoms with Gasteiger partial charge in [-0.1, -0.05) is 68.7 Å². The van der Waals surface area contributed by atoms with Crippen LogP contribution in [0.15, 0.2) is 0 Å². The van der Waals surface area contributed by atoms with Crippen LogP contribution in [0, 0.1) is 46.3 Å². The first-order chi connectivity index (χ1) is 14.7. The van der Waals surface area contributed by atoms with Gasteiger partial charge in [-0.05, 0) is 112 Å². The van der Waals surface area contributed by atoms with Gasteiger partial charge in [0.2, 0.25) is 0 Å². The van der Waals surface area contributed by atoms with Crippen LogP contribution >= 0.6 is 0 Å². The molecule has 4 aliphatic rings. The quantitative estimate of drug-likeness (QED) is 0.418. The first kappa shape index (κ1) is 29.0. The summed E-state index contributed by atoms with van der Waals surface area (Å²) in [5.41, 5.74) is 1.22. The molecule has 0 bridgehead atoms. The van der Waals surface area contributed by atoms with Crippen molar-refractivity contribution in [2.24, 2.45) is 46.3 Å². The van der Waals surface area contributed by atoms with E-state index in [-0.39, 0.29) is 5.60 Å². The molecule has 0 aromatic heterocycles. The summed E-state index contributed by atoms with van der Waals surface area (Å²) in [7, 11) is 1.93. The molecular weight excluding hydrogens is 376 g/mol. The number of hydrogen-bond donors (Lipinski definition) is 0. The highest BCUT2D eigenvalue weighted by molar-refractivity contribution is 5.11. The molecule has 0 radical (unpaired) electrons. The molecular formula is C30H60O. The molecule has 4 aliphatic carbocycles. The third kappa shape index (κ3) is 5.22. The topological polar surface area (TPSA) is 9.23 Å². The van der Waals surface area contributed by atoms with Crippen LogP contribution < -0.4 is 0 Å². The van der Waals surface area contributed by atoms with E-state index >= 15 is 0 Å². The van der Waals surface area contributed by atoms with Crippen LogP contribution in [0.5, 0.6) is 0 Å². The Balaban J connectivity index is 0.000000739. The molecule has 0 heterocycles. The molecule has 1 heteroatoms. The van der Waals surface area contributed by atoms with E-state index in [2.05, 4.69) is 34.6 Å². The van der Waals surface area contributed by atoms with E-state index in [1.807, 2.05) is 48.7 Å². The summed E-state index contributed by atoms with van der Waals surface area (Å²) in [5.74, 6) is 5.72. The average molecular weight is 437 g/mol. The summed E-state index contributed by atoms with van der Waals surface area (Å²) in [4.78, 5) is 0. The largest absolute Gasteiger partial charge is 0.379 e. The zero-order valence-electron chi connectivity index (χ0n) is 23.7. The number of hydrogen-bond acceptors (Lipinski definition) is 1. The first-order valence-corrected chi connectivity index (χ1v) is 14.3. The van der Waals surface area contributed by atoms with E-state index in [0.717, 1.165) is 35.5 Å². The number of methoxy groups -OCH3 is 1. The highest BCUT2D eigenvalue weighted by Gasteiger charge is 2.61. The van der Waals surface area contributed by atoms with Crippen molar-refractivity contribution in [1.29, 1.82) is 0 Å². The lowest BCUT2D eigenvalue weighted by Gasteiger charge is -2.61. The van der Waals surface area contributed by atoms with E-state index in [4.69, 9.17) is 4.74 Å². The summed E-state index contributed by atoms with van der Waals surface area (Å²) in [6, 6.07) is 0. The fraction of sp³-hybridized carbons (Fsp3) is 1.00. The SMILES string of the molecule is CC.CC.CC.COC(C)(C)C1CCC2C3CCC4CC(C)CCC4(C)C3CCC21C. The van der Waals surface area contributed by atoms with E-state index in [0.29, 0.717) is 10.8 Å². The van der Waals surface area contributed by atoms with Crippen LogP contribution in [-0.4, -0.2) is 12.7 Å². The molecule has 0 N–H and O–H groups in total. The lowest BCUT2D eigenvalue weighted by molar-refractivity contribution is -0.140. The Labute approximate surface area is 197 Å². The molecule has 0 aromatic carbocycles. The van der Waals surface area contributed by atoms with Crippen LogP contribution in [0.3, 0.4) is 0 Å². The third-order valence-corrected chi connectivity index (χ3v) is 10.3. The standard InChI is InChI=1S/C24H42O.3C2H6/c1-16-11-13-23(4)17(15-16)7-8-18-19-9-10-21(22(2,3)25-6)24(19,5)14-12-20(18)23;3*1-2/h16-21H,7-15H2,1-6H3;3*1-2H3. The molecule has 8 atom stereocenters. The minimum atomic E-state index is 0.0394. The monoisotopic (exact) mass is 436 g/mol. The Morgan fingerprint density at radius 2 is 1.26 bits per heavy atom. The highest BCUT2D eigenvalue weighted by Crippen LogP contribution is 2.68. The predicted octanol–water partition coefficient (Wildman–Crippen LogP) is 9.79. The van der Waals surface area contributed by atoms with Crippen molar-refractivity contribution in [3.8, 4) is 0 Å². The lowest BCUT2D eigenvalue weighted by atomic mass is 9.44. The smallest absolute Gasteiger partial charge is 0.0656 e. The van der Waals surface area contributed by atoms with Gasteiger partial charge in [0, 0.05) is 7.11 Å². The molecule has 4 rings (SSSR count). The van der Waals surface area contributed by atoms with Crippen molar-refractivity contribution in [3.63, 3.8) is 0 Å². The second kappa shape index (κ2) is 11.9. The van der Waals surface area contributed by atoms with E-state index < -0.39 is 0 Å². The Bertz CT molecular complexity index is 511. The number of ether oxygens (including phenoxy) is 1. The van der Waals surface area contributed by atoms with E-state index in [9.17, 15) is 0 Å². The van der Waals surface area contributed by atoms with Gasteiger partial charge in [0.15, 0.2) is 0 Å². The van der Waals surface area contributed by atoms with Crippen molar-refractivity contribution >= 4 is 0 Å². The number of rotatable bonds is 2. The summed E-state index contributed by atoms with van der Waals surface area (Å²) in [6.45, 7) is 24.5. The van der Waals surface area contributed by atoms with Gasteiger partial charge in [-0.15, -0.1) is 0 Å². The van der Waals surface area contributed by atoms with Gasteiger partial charge in [-0.25, -0.2) is 0 Å². The zero-order chi connectivity index (χ0) is 24.0. The molecule has 0 aromatic rings. The second-order valence-corrected chi connectivity index (χ2v) is 11.5. The van der Waals surface area contributed by atoms with Crippen molar-refractivity contribution < 1.29 is 4.74 Å². The summed E-state index contributed by atoms with van der Waals surface area (Å²) in [5, 5.41) is 0. The maximum Gasteiger partial charge on any atom is 0.0656 e. The van der Waals surface area contributed by atoms with Gasteiger partial charge in [-0.2, -0.15) is 0 Å². The van der Waals surface area contributed by atoms with Gasteiger partial charge in [0.25, 0.3) is 0 Å². The van der Waals surface area contributed by atoms with Gasteiger partial charge in [0.1, 0.15) is 0 Å². The second-order valence-electron chi connectivity index (χ2n) is 11.5. The Hall–Kier alpha value is -0.0400. The average Bonchev–Trinajstić information content (AvgIpc) is 3.16. The molecule has 0 saturated heterocycles. The van der Waals surface area contributed by atoms with Gasteiger partial charge >= 0.3 is 0 Å². The fourth-order valence-electron chi connectivity index (χ4n) is 8.76. The zero-order valence-corrected chi connectivity index (χ0v) is 23.7. The maximum absolute atomic E-state index is 5.99. The van der Waals surface area contributed by atoms with Crippen LogP contribution in [0.25, 0.3) is 0 Å². The highest BCUT2D eigenvalue weighted by atomic mass is 16.5. The minimum Gasteiger partial charge on any atom is -0.379 e. The van der Waals surface area contributed by atoms with Crippen molar-refractivity contribution in [3.05, 3.63) is 0 Å². The maximum atomic E-state index is 5.99. The van der Waals surface area contributed by atoms with Crippen LogP contribution in [0.2, 0.25) is 0 Å². The number of fused-ring (bicyclic) bond motifs is 5. The van der Waals surface area contributed by atoms with Crippen LogP contribution in [0.4, 0.5) is 0 Å². The lowest BCUT2D eigenvalue weighted by Crippen LogP contribution is -2.55. The Kier molecular flexibility index (Phi) is 11.1. The molecule has 1 nitrogen and oxygen atoms in total. The van der Waals surface area contributed by atoms with Crippen molar-refractivity contribution in [2.45, 2.75) is 140 Å². The van der Waals surface area contributed by atoms with Gasteiger partial charge in [0.05, 0.1) is 5.60 Å². The van der Waals surface area contributed by atoms with Gasteiger partial charge < -0.3 is 4.74 Å². The third-order valence-electron chi connectivity index (χ3n) is 10.3. The van der Waals surface area contributed by atoms with E-state index in [1.54, 1.807) is 0 Å².